The van der Waals surface area contributed by atoms with Gasteiger partial charge in [0.1, 0.15) is 17.7 Å². The molecule has 5 nitrogen and oxygen atoms in total. The van der Waals surface area contributed by atoms with Crippen molar-refractivity contribution < 1.29 is 4.79 Å². The lowest BCUT2D eigenvalue weighted by atomic mass is 10.0. The molecule has 0 fully saturated rings. The molecular formula is C18H24N4O. The molecule has 0 aliphatic heterocycles. The Kier molecular flexibility index (Phi) is 5.68. The van der Waals surface area contributed by atoms with Gasteiger partial charge >= 0.3 is 0 Å². The van der Waals surface area contributed by atoms with Crippen LogP contribution in [0.4, 0.5) is 5.82 Å². The van der Waals surface area contributed by atoms with Gasteiger partial charge in [0.05, 0.1) is 0 Å². The number of likely N-dealkylation sites (N-methyl/N-ethyl adjacent to an activating group) is 1. The lowest BCUT2D eigenvalue weighted by Gasteiger charge is -2.22. The third-order valence-corrected chi connectivity index (χ3v) is 3.60. The summed E-state index contributed by atoms with van der Waals surface area (Å²) in [6, 6.07) is 11.6. The maximum Gasteiger partial charge on any atom is 0.244 e. The number of carbonyl (C=O) groups is 1. The van der Waals surface area contributed by atoms with Gasteiger partial charge in [-0.15, -0.1) is 0 Å². The third kappa shape index (κ3) is 4.77. The number of carbonyl (C=O) groups excluding carboxylic acids is 1. The van der Waals surface area contributed by atoms with Crippen molar-refractivity contribution in [2.24, 2.45) is 0 Å². The monoisotopic (exact) mass is 312 g/mol. The summed E-state index contributed by atoms with van der Waals surface area (Å²) < 4.78 is 0. The number of aromatic nitrogens is 2. The van der Waals surface area contributed by atoms with E-state index >= 15 is 0 Å². The highest BCUT2D eigenvalue weighted by Crippen LogP contribution is 2.13. The zero-order chi connectivity index (χ0) is 16.8. The van der Waals surface area contributed by atoms with Crippen LogP contribution in [-0.2, 0) is 17.6 Å². The Bertz CT molecular complexity index is 655. The van der Waals surface area contributed by atoms with Crippen LogP contribution >= 0.6 is 0 Å². The normalized spacial score (nSPS) is 11.8. The number of hydrogen-bond acceptors (Lipinski definition) is 4. The fraction of sp³-hybridized carbons (Fsp3) is 0.389. The van der Waals surface area contributed by atoms with E-state index in [1.807, 2.05) is 43.3 Å². The van der Waals surface area contributed by atoms with Gasteiger partial charge in [-0.3, -0.25) is 4.79 Å². The number of amides is 1. The minimum atomic E-state index is -0.355. The molecule has 2 rings (SSSR count). The Morgan fingerprint density at radius 2 is 1.91 bits per heavy atom. The van der Waals surface area contributed by atoms with Crippen molar-refractivity contribution in [3.05, 3.63) is 53.5 Å². The molecular weight excluding hydrogens is 288 g/mol. The SMILES string of the molecule is CCc1cc(NC(Cc2ccccc2)C(=O)N(C)C)nc(C)n1. The van der Waals surface area contributed by atoms with E-state index in [1.54, 1.807) is 19.0 Å². The van der Waals surface area contributed by atoms with Crippen LogP contribution in [-0.4, -0.2) is 40.9 Å². The van der Waals surface area contributed by atoms with Crippen LogP contribution < -0.4 is 5.32 Å². The Morgan fingerprint density at radius 1 is 1.22 bits per heavy atom. The van der Waals surface area contributed by atoms with Crippen LogP contribution in [0.15, 0.2) is 36.4 Å². The molecule has 0 aliphatic carbocycles. The number of nitrogens with zero attached hydrogens (tertiary/aromatic N) is 3. The average molecular weight is 312 g/mol. The summed E-state index contributed by atoms with van der Waals surface area (Å²) in [5, 5.41) is 3.28. The van der Waals surface area contributed by atoms with Crippen molar-refractivity contribution in [1.82, 2.24) is 14.9 Å². The van der Waals surface area contributed by atoms with E-state index in [2.05, 4.69) is 22.2 Å². The second kappa shape index (κ2) is 7.72. The van der Waals surface area contributed by atoms with Gasteiger partial charge < -0.3 is 10.2 Å². The summed E-state index contributed by atoms with van der Waals surface area (Å²) in [4.78, 5) is 22.9. The van der Waals surface area contributed by atoms with Crippen molar-refractivity contribution in [1.29, 1.82) is 0 Å². The number of aryl methyl sites for hydroxylation is 2. The summed E-state index contributed by atoms with van der Waals surface area (Å²) in [7, 11) is 3.54. The molecule has 1 heterocycles. The number of rotatable bonds is 6. The summed E-state index contributed by atoms with van der Waals surface area (Å²) in [5.41, 5.74) is 2.08. The van der Waals surface area contributed by atoms with E-state index in [1.165, 1.54) is 0 Å². The van der Waals surface area contributed by atoms with Gasteiger partial charge in [0.25, 0.3) is 0 Å². The van der Waals surface area contributed by atoms with Gasteiger partial charge in [0.15, 0.2) is 0 Å². The van der Waals surface area contributed by atoms with E-state index in [0.29, 0.717) is 18.1 Å². The summed E-state index contributed by atoms with van der Waals surface area (Å²) in [6.45, 7) is 3.92. The first kappa shape index (κ1) is 16.9. The Morgan fingerprint density at radius 3 is 2.52 bits per heavy atom. The zero-order valence-corrected chi connectivity index (χ0v) is 14.2. The fourth-order valence-corrected chi connectivity index (χ4v) is 2.42. The molecule has 1 aromatic heterocycles. The standard InChI is InChI=1S/C18H24N4O/c1-5-15-12-17(20-13(2)19-15)21-16(18(23)22(3)4)11-14-9-7-6-8-10-14/h6-10,12,16H,5,11H2,1-4H3,(H,19,20,21). The highest BCUT2D eigenvalue weighted by molar-refractivity contribution is 5.84. The van der Waals surface area contributed by atoms with Gasteiger partial charge in [-0.05, 0) is 18.9 Å². The first-order chi connectivity index (χ1) is 11.0. The molecule has 2 aromatic rings. The largest absolute Gasteiger partial charge is 0.358 e. The maximum absolute atomic E-state index is 12.5. The van der Waals surface area contributed by atoms with Crippen molar-refractivity contribution >= 4 is 11.7 Å². The van der Waals surface area contributed by atoms with Crippen LogP contribution in [0, 0.1) is 6.92 Å². The summed E-state index contributed by atoms with van der Waals surface area (Å²) >= 11 is 0. The number of benzene rings is 1. The quantitative estimate of drug-likeness (QED) is 0.890. The second-order valence-electron chi connectivity index (χ2n) is 5.76. The van der Waals surface area contributed by atoms with Gasteiger partial charge in [0.2, 0.25) is 5.91 Å². The first-order valence-electron chi connectivity index (χ1n) is 7.85. The molecule has 0 saturated carbocycles. The van der Waals surface area contributed by atoms with Crippen LogP contribution in [0.25, 0.3) is 0 Å². The van der Waals surface area contributed by atoms with Gasteiger partial charge in [-0.2, -0.15) is 0 Å². The molecule has 0 aliphatic rings. The molecule has 0 bridgehead atoms. The minimum Gasteiger partial charge on any atom is -0.358 e. The topological polar surface area (TPSA) is 58.1 Å². The van der Waals surface area contributed by atoms with Crippen molar-refractivity contribution in [2.45, 2.75) is 32.7 Å². The molecule has 1 aromatic carbocycles. The van der Waals surface area contributed by atoms with Gasteiger partial charge in [0, 0.05) is 32.3 Å². The number of anilines is 1. The molecule has 5 heteroatoms. The van der Waals surface area contributed by atoms with Crippen LogP contribution in [0.2, 0.25) is 0 Å². The summed E-state index contributed by atoms with van der Waals surface area (Å²) in [6.07, 6.45) is 1.45. The zero-order valence-electron chi connectivity index (χ0n) is 14.2. The molecule has 1 unspecified atom stereocenters. The van der Waals surface area contributed by atoms with E-state index in [-0.39, 0.29) is 11.9 Å². The minimum absolute atomic E-state index is 0.0307. The van der Waals surface area contributed by atoms with E-state index in [0.717, 1.165) is 17.7 Å². The van der Waals surface area contributed by atoms with Crippen molar-refractivity contribution in [2.75, 3.05) is 19.4 Å². The van der Waals surface area contributed by atoms with Gasteiger partial charge in [-0.1, -0.05) is 37.3 Å². The molecule has 1 amide bonds. The fourth-order valence-electron chi connectivity index (χ4n) is 2.42. The second-order valence-corrected chi connectivity index (χ2v) is 5.76. The van der Waals surface area contributed by atoms with Gasteiger partial charge in [-0.25, -0.2) is 9.97 Å². The van der Waals surface area contributed by atoms with Crippen LogP contribution in [0.3, 0.4) is 0 Å². The molecule has 0 radical (unpaired) electrons. The predicted molar refractivity (Wildman–Crippen MR) is 92.4 cm³/mol. The lowest BCUT2D eigenvalue weighted by Crippen LogP contribution is -2.40. The molecule has 1 N–H and O–H groups in total. The Balaban J connectivity index is 2.24. The maximum atomic E-state index is 12.5. The number of hydrogen-bond donors (Lipinski definition) is 1. The van der Waals surface area contributed by atoms with Crippen LogP contribution in [0.5, 0.6) is 0 Å². The Labute approximate surface area is 137 Å². The number of nitrogens with one attached hydrogen (secondary N) is 1. The highest BCUT2D eigenvalue weighted by Gasteiger charge is 2.21. The predicted octanol–water partition coefficient (Wildman–Crippen LogP) is 2.46. The van der Waals surface area contributed by atoms with E-state index in [4.69, 9.17) is 0 Å². The van der Waals surface area contributed by atoms with E-state index < -0.39 is 0 Å². The Hall–Kier alpha value is -2.43. The average Bonchev–Trinajstić information content (AvgIpc) is 2.53. The van der Waals surface area contributed by atoms with E-state index in [9.17, 15) is 4.79 Å². The first-order valence-corrected chi connectivity index (χ1v) is 7.85. The molecule has 122 valence electrons. The van der Waals surface area contributed by atoms with Crippen molar-refractivity contribution in [3.8, 4) is 0 Å². The third-order valence-electron chi connectivity index (χ3n) is 3.60. The lowest BCUT2D eigenvalue weighted by molar-refractivity contribution is -0.129. The molecule has 0 spiro atoms. The molecule has 1 atom stereocenters. The van der Waals surface area contributed by atoms with Crippen LogP contribution in [0.1, 0.15) is 24.0 Å². The summed E-state index contributed by atoms with van der Waals surface area (Å²) in [5.74, 6) is 1.44. The molecule has 23 heavy (non-hydrogen) atoms. The van der Waals surface area contributed by atoms with Crippen molar-refractivity contribution in [3.63, 3.8) is 0 Å². The highest BCUT2D eigenvalue weighted by atomic mass is 16.2. The smallest absolute Gasteiger partial charge is 0.244 e. The molecule has 0 saturated heterocycles.